The largest absolute Gasteiger partial charge is 0.497 e. The number of carbonyl (C=O) groups is 1. The van der Waals surface area contributed by atoms with E-state index in [-0.39, 0.29) is 5.91 Å². The summed E-state index contributed by atoms with van der Waals surface area (Å²) in [5.74, 6) is 1.76. The van der Waals surface area contributed by atoms with Gasteiger partial charge in [0.15, 0.2) is 0 Å². The third-order valence-corrected chi connectivity index (χ3v) is 5.22. The predicted molar refractivity (Wildman–Crippen MR) is 90.6 cm³/mol. The fraction of sp³-hybridized carbons (Fsp3) is 0.389. The van der Waals surface area contributed by atoms with E-state index in [0.29, 0.717) is 0 Å². The molecule has 0 unspecified atom stereocenters. The minimum absolute atomic E-state index is 0.177. The Labute approximate surface area is 135 Å². The van der Waals surface area contributed by atoms with E-state index in [4.69, 9.17) is 4.74 Å². The molecule has 1 aliphatic rings. The van der Waals surface area contributed by atoms with E-state index in [1.165, 1.54) is 11.3 Å². The molecule has 1 aromatic carbocycles. The van der Waals surface area contributed by atoms with Crippen molar-refractivity contribution < 1.29 is 9.53 Å². The first-order valence-electron chi connectivity index (χ1n) is 7.69. The minimum Gasteiger partial charge on any atom is -0.497 e. The van der Waals surface area contributed by atoms with Crippen molar-refractivity contribution in [3.05, 3.63) is 40.6 Å². The number of hydrogen-bond acceptors (Lipinski definition) is 3. The summed E-state index contributed by atoms with van der Waals surface area (Å²) in [6.45, 7) is 4.03. The van der Waals surface area contributed by atoms with Gasteiger partial charge in [-0.25, -0.2) is 0 Å². The molecule has 2 heterocycles. The van der Waals surface area contributed by atoms with Crippen LogP contribution in [0.4, 0.5) is 0 Å². The van der Waals surface area contributed by atoms with Crippen LogP contribution in [-0.4, -0.2) is 31.0 Å². The first-order valence-corrected chi connectivity index (χ1v) is 8.57. The van der Waals surface area contributed by atoms with Gasteiger partial charge in [-0.15, -0.1) is 11.3 Å². The molecule has 1 saturated heterocycles. The molecule has 0 spiro atoms. The summed E-state index contributed by atoms with van der Waals surface area (Å²) >= 11 is 1.53. The number of thiophene rings is 1. The molecule has 1 amide bonds. The van der Waals surface area contributed by atoms with Crippen LogP contribution in [0.1, 0.15) is 29.4 Å². The molecule has 3 nitrogen and oxygen atoms in total. The van der Waals surface area contributed by atoms with Crippen molar-refractivity contribution in [1.82, 2.24) is 4.90 Å². The van der Waals surface area contributed by atoms with E-state index in [2.05, 4.69) is 12.3 Å². The molecule has 1 fully saturated rings. The quantitative estimate of drug-likeness (QED) is 0.845. The molecule has 0 N–H and O–H groups in total. The van der Waals surface area contributed by atoms with Crippen LogP contribution in [0, 0.1) is 5.92 Å². The molecule has 3 rings (SSSR count). The van der Waals surface area contributed by atoms with Gasteiger partial charge >= 0.3 is 0 Å². The molecule has 2 aromatic rings. The van der Waals surface area contributed by atoms with Gasteiger partial charge in [0.25, 0.3) is 5.91 Å². The maximum absolute atomic E-state index is 12.6. The average Bonchev–Trinajstić information content (AvgIpc) is 3.05. The normalized spacial score (nSPS) is 15.8. The van der Waals surface area contributed by atoms with Gasteiger partial charge in [-0.05, 0) is 53.5 Å². The molecule has 0 radical (unpaired) electrons. The van der Waals surface area contributed by atoms with Gasteiger partial charge in [-0.1, -0.05) is 19.1 Å². The van der Waals surface area contributed by atoms with E-state index in [1.54, 1.807) is 7.11 Å². The zero-order valence-electron chi connectivity index (χ0n) is 13.0. The van der Waals surface area contributed by atoms with Crippen LogP contribution in [-0.2, 0) is 0 Å². The molecule has 0 aliphatic carbocycles. The van der Waals surface area contributed by atoms with Crippen molar-refractivity contribution in [3.8, 4) is 16.9 Å². The van der Waals surface area contributed by atoms with Crippen molar-refractivity contribution in [2.24, 2.45) is 5.92 Å². The molecule has 22 heavy (non-hydrogen) atoms. The summed E-state index contributed by atoms with van der Waals surface area (Å²) in [4.78, 5) is 15.4. The Morgan fingerprint density at radius 1 is 1.18 bits per heavy atom. The maximum atomic E-state index is 12.6. The van der Waals surface area contributed by atoms with Gasteiger partial charge in [0, 0.05) is 13.1 Å². The molecule has 116 valence electrons. The second-order valence-electron chi connectivity index (χ2n) is 5.90. The molecule has 4 heteroatoms. The number of hydrogen-bond donors (Lipinski definition) is 0. The highest BCUT2D eigenvalue weighted by Gasteiger charge is 2.22. The lowest BCUT2D eigenvalue weighted by Gasteiger charge is -2.29. The van der Waals surface area contributed by atoms with Crippen molar-refractivity contribution in [2.45, 2.75) is 19.8 Å². The topological polar surface area (TPSA) is 29.5 Å². The fourth-order valence-electron chi connectivity index (χ4n) is 2.75. The monoisotopic (exact) mass is 315 g/mol. The van der Waals surface area contributed by atoms with Gasteiger partial charge in [-0.2, -0.15) is 0 Å². The zero-order chi connectivity index (χ0) is 15.5. The van der Waals surface area contributed by atoms with Crippen LogP contribution in [0.15, 0.2) is 35.7 Å². The number of rotatable bonds is 3. The Morgan fingerprint density at radius 2 is 1.86 bits per heavy atom. The first kappa shape index (κ1) is 15.1. The van der Waals surface area contributed by atoms with Gasteiger partial charge < -0.3 is 9.64 Å². The number of amides is 1. The summed E-state index contributed by atoms with van der Waals surface area (Å²) in [5.41, 5.74) is 2.21. The second-order valence-corrected chi connectivity index (χ2v) is 6.81. The molecule has 0 atom stereocenters. The summed E-state index contributed by atoms with van der Waals surface area (Å²) in [7, 11) is 1.66. The standard InChI is InChI=1S/C18H21NO2S/c1-13-7-9-19(10-8-13)18(20)17-11-15(12-22-17)14-3-5-16(21-2)6-4-14/h3-6,11-13H,7-10H2,1-2H3. The Bertz CT molecular complexity index is 639. The van der Waals surface area contributed by atoms with Crippen LogP contribution in [0.3, 0.4) is 0 Å². The third kappa shape index (κ3) is 3.17. The molecular weight excluding hydrogens is 294 g/mol. The van der Waals surface area contributed by atoms with Crippen molar-refractivity contribution >= 4 is 17.2 Å². The number of piperidine rings is 1. The highest BCUT2D eigenvalue weighted by Crippen LogP contribution is 2.29. The number of ether oxygens (including phenoxy) is 1. The lowest BCUT2D eigenvalue weighted by atomic mass is 9.99. The fourth-order valence-corrected chi connectivity index (χ4v) is 3.63. The highest BCUT2D eigenvalue weighted by atomic mass is 32.1. The zero-order valence-corrected chi connectivity index (χ0v) is 13.9. The lowest BCUT2D eigenvalue weighted by Crippen LogP contribution is -2.37. The molecule has 0 bridgehead atoms. The first-order chi connectivity index (χ1) is 10.7. The van der Waals surface area contributed by atoms with Crippen molar-refractivity contribution in [2.75, 3.05) is 20.2 Å². The van der Waals surface area contributed by atoms with E-state index in [0.717, 1.165) is 53.6 Å². The van der Waals surface area contributed by atoms with E-state index in [9.17, 15) is 4.79 Å². The molecular formula is C18H21NO2S. The van der Waals surface area contributed by atoms with Crippen molar-refractivity contribution in [1.29, 1.82) is 0 Å². The average molecular weight is 315 g/mol. The molecule has 1 aliphatic heterocycles. The lowest BCUT2D eigenvalue weighted by molar-refractivity contribution is 0.0702. The van der Waals surface area contributed by atoms with Crippen LogP contribution >= 0.6 is 11.3 Å². The van der Waals surface area contributed by atoms with Gasteiger partial charge in [0.2, 0.25) is 0 Å². The van der Waals surface area contributed by atoms with E-state index in [1.807, 2.05) is 35.2 Å². The smallest absolute Gasteiger partial charge is 0.263 e. The van der Waals surface area contributed by atoms with Gasteiger partial charge in [0.1, 0.15) is 5.75 Å². The molecule has 0 saturated carbocycles. The minimum atomic E-state index is 0.177. The Balaban J connectivity index is 1.73. The van der Waals surface area contributed by atoms with E-state index >= 15 is 0 Å². The van der Waals surface area contributed by atoms with E-state index < -0.39 is 0 Å². The number of nitrogens with zero attached hydrogens (tertiary/aromatic N) is 1. The number of benzene rings is 1. The van der Waals surface area contributed by atoms with Crippen LogP contribution in [0.25, 0.3) is 11.1 Å². The van der Waals surface area contributed by atoms with Crippen LogP contribution in [0.5, 0.6) is 5.75 Å². The van der Waals surface area contributed by atoms with Crippen LogP contribution in [0.2, 0.25) is 0 Å². The summed E-state index contributed by atoms with van der Waals surface area (Å²) < 4.78 is 5.18. The summed E-state index contributed by atoms with van der Waals surface area (Å²) in [5, 5.41) is 2.06. The van der Waals surface area contributed by atoms with Crippen LogP contribution < -0.4 is 4.74 Å². The number of likely N-dealkylation sites (tertiary alicyclic amines) is 1. The maximum Gasteiger partial charge on any atom is 0.263 e. The van der Waals surface area contributed by atoms with Gasteiger partial charge in [0.05, 0.1) is 12.0 Å². The number of carbonyl (C=O) groups excluding carboxylic acids is 1. The van der Waals surface area contributed by atoms with Crippen molar-refractivity contribution in [3.63, 3.8) is 0 Å². The Kier molecular flexibility index (Phi) is 4.48. The third-order valence-electron chi connectivity index (χ3n) is 4.30. The van der Waals surface area contributed by atoms with Gasteiger partial charge in [-0.3, -0.25) is 4.79 Å². The summed E-state index contributed by atoms with van der Waals surface area (Å²) in [6.07, 6.45) is 2.23. The molecule has 1 aromatic heterocycles. The second kappa shape index (κ2) is 6.53. The summed E-state index contributed by atoms with van der Waals surface area (Å²) in [6, 6.07) is 9.95. The predicted octanol–water partition coefficient (Wildman–Crippen LogP) is 4.30. The highest BCUT2D eigenvalue weighted by molar-refractivity contribution is 7.12. The Morgan fingerprint density at radius 3 is 2.50 bits per heavy atom. The number of methoxy groups -OCH3 is 1. The SMILES string of the molecule is COc1ccc(-c2csc(C(=O)N3CCC(C)CC3)c2)cc1. The Hall–Kier alpha value is -1.81.